The summed E-state index contributed by atoms with van der Waals surface area (Å²) in [6, 6.07) is 0.748. The van der Waals surface area contributed by atoms with Gasteiger partial charge in [0.2, 0.25) is 0 Å². The number of rotatable bonds is 5. The van der Waals surface area contributed by atoms with Crippen molar-refractivity contribution in [2.75, 3.05) is 32.9 Å². The molecule has 3 nitrogen and oxygen atoms in total. The molecule has 1 heterocycles. The first-order valence-electron chi connectivity index (χ1n) is 7.22. The summed E-state index contributed by atoms with van der Waals surface area (Å²) < 4.78 is 5.50. The van der Waals surface area contributed by atoms with Gasteiger partial charge in [0.05, 0.1) is 13.2 Å². The first-order valence-corrected chi connectivity index (χ1v) is 7.22. The zero-order valence-electron chi connectivity index (χ0n) is 11.2. The molecule has 0 spiro atoms. The maximum absolute atomic E-state index is 9.65. The molecule has 1 N–H and O–H groups in total. The average Bonchev–Trinajstić information content (AvgIpc) is 2.86. The SMILES string of the molecule is CCN(CC1(CO)CCOC1)C1CCCCC1. The van der Waals surface area contributed by atoms with E-state index < -0.39 is 0 Å². The van der Waals surface area contributed by atoms with Gasteiger partial charge in [0.15, 0.2) is 0 Å². The van der Waals surface area contributed by atoms with E-state index >= 15 is 0 Å². The predicted molar refractivity (Wildman–Crippen MR) is 69.1 cm³/mol. The Bertz CT molecular complexity index is 220. The van der Waals surface area contributed by atoms with Gasteiger partial charge in [-0.15, -0.1) is 0 Å². The number of aliphatic hydroxyl groups is 1. The number of aliphatic hydroxyl groups excluding tert-OH is 1. The van der Waals surface area contributed by atoms with Crippen LogP contribution in [0.1, 0.15) is 45.4 Å². The molecular formula is C14H27NO2. The zero-order valence-corrected chi connectivity index (χ0v) is 11.2. The monoisotopic (exact) mass is 241 g/mol. The Morgan fingerprint density at radius 1 is 1.29 bits per heavy atom. The third kappa shape index (κ3) is 3.21. The molecule has 2 fully saturated rings. The van der Waals surface area contributed by atoms with Crippen molar-refractivity contribution >= 4 is 0 Å². The molecule has 0 amide bonds. The van der Waals surface area contributed by atoms with Crippen molar-refractivity contribution in [1.82, 2.24) is 4.90 Å². The Kier molecular flexibility index (Phi) is 4.83. The van der Waals surface area contributed by atoms with Gasteiger partial charge in [-0.1, -0.05) is 26.2 Å². The van der Waals surface area contributed by atoms with Crippen LogP contribution in [0.5, 0.6) is 0 Å². The summed E-state index contributed by atoms with van der Waals surface area (Å²) in [5.74, 6) is 0. The van der Waals surface area contributed by atoms with Crippen LogP contribution in [-0.4, -0.2) is 49.0 Å². The summed E-state index contributed by atoms with van der Waals surface area (Å²) >= 11 is 0. The normalized spacial score (nSPS) is 31.2. The van der Waals surface area contributed by atoms with Crippen LogP contribution >= 0.6 is 0 Å². The number of hydrogen-bond donors (Lipinski definition) is 1. The standard InChI is InChI=1S/C14H27NO2/c1-2-15(13-6-4-3-5-7-13)10-14(11-16)8-9-17-12-14/h13,16H,2-12H2,1H3. The van der Waals surface area contributed by atoms with Crippen molar-refractivity contribution in [3.05, 3.63) is 0 Å². The lowest BCUT2D eigenvalue weighted by Crippen LogP contribution is -2.46. The van der Waals surface area contributed by atoms with Gasteiger partial charge >= 0.3 is 0 Å². The molecule has 2 aliphatic rings. The van der Waals surface area contributed by atoms with Gasteiger partial charge in [0, 0.05) is 24.6 Å². The Balaban J connectivity index is 1.93. The number of hydrogen-bond acceptors (Lipinski definition) is 3. The molecule has 0 aromatic heterocycles. The zero-order chi connectivity index (χ0) is 12.1. The Labute approximate surface area is 105 Å². The van der Waals surface area contributed by atoms with Crippen LogP contribution in [-0.2, 0) is 4.74 Å². The summed E-state index contributed by atoms with van der Waals surface area (Å²) in [6.07, 6.45) is 7.87. The van der Waals surface area contributed by atoms with E-state index in [2.05, 4.69) is 11.8 Å². The molecule has 100 valence electrons. The molecule has 0 aromatic rings. The van der Waals surface area contributed by atoms with Crippen LogP contribution in [0.15, 0.2) is 0 Å². The molecular weight excluding hydrogens is 214 g/mol. The molecule has 0 radical (unpaired) electrons. The molecule has 1 aliphatic heterocycles. The van der Waals surface area contributed by atoms with E-state index in [-0.39, 0.29) is 12.0 Å². The second-order valence-corrected chi connectivity index (χ2v) is 5.82. The van der Waals surface area contributed by atoms with Crippen LogP contribution in [0.25, 0.3) is 0 Å². The van der Waals surface area contributed by atoms with Gasteiger partial charge in [-0.2, -0.15) is 0 Å². The lowest BCUT2D eigenvalue weighted by atomic mass is 9.85. The summed E-state index contributed by atoms with van der Waals surface area (Å²) in [6.45, 7) is 6.21. The van der Waals surface area contributed by atoms with Crippen LogP contribution in [0, 0.1) is 5.41 Å². The van der Waals surface area contributed by atoms with Crippen molar-refractivity contribution in [1.29, 1.82) is 0 Å². The largest absolute Gasteiger partial charge is 0.396 e. The highest BCUT2D eigenvalue weighted by Crippen LogP contribution is 2.32. The fraction of sp³-hybridized carbons (Fsp3) is 1.00. The van der Waals surface area contributed by atoms with Gasteiger partial charge in [0.25, 0.3) is 0 Å². The first kappa shape index (κ1) is 13.3. The van der Waals surface area contributed by atoms with E-state index in [1.54, 1.807) is 0 Å². The summed E-state index contributed by atoms with van der Waals surface area (Å²) in [4.78, 5) is 2.59. The van der Waals surface area contributed by atoms with E-state index in [0.717, 1.165) is 38.8 Å². The molecule has 3 heteroatoms. The van der Waals surface area contributed by atoms with E-state index in [9.17, 15) is 5.11 Å². The van der Waals surface area contributed by atoms with Gasteiger partial charge < -0.3 is 9.84 Å². The molecule has 0 bridgehead atoms. The topological polar surface area (TPSA) is 32.7 Å². The van der Waals surface area contributed by atoms with Crippen LogP contribution in [0.4, 0.5) is 0 Å². The average molecular weight is 241 g/mol. The molecule has 1 atom stereocenters. The molecule has 1 saturated carbocycles. The summed E-state index contributed by atoms with van der Waals surface area (Å²) in [7, 11) is 0. The predicted octanol–water partition coefficient (Wildman–Crippen LogP) is 2.04. The molecule has 0 aromatic carbocycles. The molecule has 1 saturated heterocycles. The molecule has 17 heavy (non-hydrogen) atoms. The first-order chi connectivity index (χ1) is 8.29. The second-order valence-electron chi connectivity index (χ2n) is 5.82. The summed E-state index contributed by atoms with van der Waals surface area (Å²) in [5.41, 5.74) is 0.0213. The van der Waals surface area contributed by atoms with Crippen LogP contribution < -0.4 is 0 Å². The third-order valence-corrected chi connectivity index (χ3v) is 4.56. The van der Waals surface area contributed by atoms with Crippen molar-refractivity contribution in [3.8, 4) is 0 Å². The highest BCUT2D eigenvalue weighted by atomic mass is 16.5. The maximum atomic E-state index is 9.65. The van der Waals surface area contributed by atoms with Crippen molar-refractivity contribution in [2.45, 2.75) is 51.5 Å². The molecule has 2 rings (SSSR count). The van der Waals surface area contributed by atoms with Crippen molar-refractivity contribution < 1.29 is 9.84 Å². The number of nitrogens with zero attached hydrogens (tertiary/aromatic N) is 1. The highest BCUT2D eigenvalue weighted by Gasteiger charge is 2.37. The van der Waals surface area contributed by atoms with Crippen molar-refractivity contribution in [3.63, 3.8) is 0 Å². The number of ether oxygens (including phenoxy) is 1. The third-order valence-electron chi connectivity index (χ3n) is 4.56. The molecule has 1 unspecified atom stereocenters. The van der Waals surface area contributed by atoms with E-state index in [0.29, 0.717) is 0 Å². The van der Waals surface area contributed by atoms with Crippen LogP contribution in [0.3, 0.4) is 0 Å². The highest BCUT2D eigenvalue weighted by molar-refractivity contribution is 4.88. The Morgan fingerprint density at radius 3 is 2.59 bits per heavy atom. The minimum atomic E-state index is 0.0213. The fourth-order valence-corrected chi connectivity index (χ4v) is 3.33. The minimum Gasteiger partial charge on any atom is -0.396 e. The van der Waals surface area contributed by atoms with E-state index in [4.69, 9.17) is 4.74 Å². The lowest BCUT2D eigenvalue weighted by molar-refractivity contribution is 0.0359. The Morgan fingerprint density at radius 2 is 2.06 bits per heavy atom. The summed E-state index contributed by atoms with van der Waals surface area (Å²) in [5, 5.41) is 9.65. The van der Waals surface area contributed by atoms with Gasteiger partial charge in [-0.3, -0.25) is 4.90 Å². The van der Waals surface area contributed by atoms with Crippen molar-refractivity contribution in [2.24, 2.45) is 5.41 Å². The Hall–Kier alpha value is -0.120. The smallest absolute Gasteiger partial charge is 0.0557 e. The molecule has 1 aliphatic carbocycles. The quantitative estimate of drug-likeness (QED) is 0.799. The fourth-order valence-electron chi connectivity index (χ4n) is 3.33. The van der Waals surface area contributed by atoms with E-state index in [1.807, 2.05) is 0 Å². The second kappa shape index (κ2) is 6.17. The van der Waals surface area contributed by atoms with Crippen LogP contribution in [0.2, 0.25) is 0 Å². The minimum absolute atomic E-state index is 0.0213. The van der Waals surface area contributed by atoms with Gasteiger partial charge in [0.1, 0.15) is 0 Å². The lowest BCUT2D eigenvalue weighted by Gasteiger charge is -2.39. The van der Waals surface area contributed by atoms with E-state index in [1.165, 1.54) is 32.1 Å². The maximum Gasteiger partial charge on any atom is 0.0557 e. The van der Waals surface area contributed by atoms with Gasteiger partial charge in [-0.25, -0.2) is 0 Å². The van der Waals surface area contributed by atoms with Gasteiger partial charge in [-0.05, 0) is 25.8 Å².